The second kappa shape index (κ2) is 13.1. The van der Waals surface area contributed by atoms with Gasteiger partial charge >= 0.3 is 0 Å². The van der Waals surface area contributed by atoms with Gasteiger partial charge in [-0.2, -0.15) is 0 Å². The van der Waals surface area contributed by atoms with Gasteiger partial charge in [0.2, 0.25) is 0 Å². The van der Waals surface area contributed by atoms with Gasteiger partial charge in [-0.1, -0.05) is 29.8 Å². The minimum absolute atomic E-state index is 0.0147. The Morgan fingerprint density at radius 2 is 1.90 bits per heavy atom. The van der Waals surface area contributed by atoms with Gasteiger partial charge < -0.3 is 25.0 Å². The smallest absolute Gasteiger partial charge is 0.272 e. The third-order valence-corrected chi connectivity index (χ3v) is 7.94. The lowest BCUT2D eigenvalue weighted by Crippen LogP contribution is -2.52. The maximum Gasteiger partial charge on any atom is 0.272 e. The number of amides is 1. The monoisotopic (exact) mass is 543 g/mol. The number of nitrogens with zero attached hydrogens (tertiary/aromatic N) is 3. The number of rotatable bonds is 8. The zero-order valence-electron chi connectivity index (χ0n) is 22.6. The molecule has 3 saturated heterocycles. The van der Waals surface area contributed by atoms with Gasteiger partial charge in [0.1, 0.15) is 24.4 Å². The van der Waals surface area contributed by atoms with Gasteiger partial charge in [0.15, 0.2) is 5.82 Å². The van der Waals surface area contributed by atoms with Gasteiger partial charge in [0.25, 0.3) is 5.91 Å². The lowest BCUT2D eigenvalue weighted by atomic mass is 9.97. The fourth-order valence-electron chi connectivity index (χ4n) is 5.66. The first kappa shape index (κ1) is 27.9. The molecular formula is C29H39F2N5O3. The van der Waals surface area contributed by atoms with Crippen LogP contribution in [0.2, 0.25) is 0 Å². The Labute approximate surface area is 228 Å². The number of ether oxygens (including phenoxy) is 2. The van der Waals surface area contributed by atoms with Gasteiger partial charge in [0, 0.05) is 44.4 Å². The van der Waals surface area contributed by atoms with E-state index in [0.717, 1.165) is 32.1 Å². The van der Waals surface area contributed by atoms with Crippen LogP contribution in [0.5, 0.6) is 0 Å². The Morgan fingerprint density at radius 1 is 1.10 bits per heavy atom. The van der Waals surface area contributed by atoms with E-state index >= 15 is 0 Å². The summed E-state index contributed by atoms with van der Waals surface area (Å²) in [4.78, 5) is 23.4. The number of likely N-dealkylation sites (tertiary alicyclic amines) is 1. The summed E-state index contributed by atoms with van der Waals surface area (Å²) in [7, 11) is 0. The normalized spacial score (nSPS) is 26.4. The minimum Gasteiger partial charge on any atom is -0.378 e. The van der Waals surface area contributed by atoms with Crippen LogP contribution in [0, 0.1) is 6.92 Å². The van der Waals surface area contributed by atoms with E-state index in [9.17, 15) is 13.6 Å². The number of carbonyl (C=O) groups excluding carboxylic acids is 1. The number of anilines is 1. The molecule has 3 fully saturated rings. The van der Waals surface area contributed by atoms with Gasteiger partial charge in [-0.15, -0.1) is 0 Å². The highest BCUT2D eigenvalue weighted by atomic mass is 19.1. The molecule has 0 bridgehead atoms. The number of aryl methyl sites for hydroxylation is 1. The van der Waals surface area contributed by atoms with Crippen molar-refractivity contribution >= 4 is 11.7 Å². The van der Waals surface area contributed by atoms with Crippen molar-refractivity contribution in [3.05, 3.63) is 53.0 Å². The number of piperidine rings is 1. The molecule has 4 heterocycles. The average Bonchev–Trinajstić information content (AvgIpc) is 2.97. The number of hydrogen-bond donors (Lipinski definition) is 2. The summed E-state index contributed by atoms with van der Waals surface area (Å²) < 4.78 is 39.3. The summed E-state index contributed by atoms with van der Waals surface area (Å²) in [5.41, 5.74) is 2.58. The van der Waals surface area contributed by atoms with E-state index in [4.69, 9.17) is 9.47 Å². The highest BCUT2D eigenvalue weighted by Crippen LogP contribution is 2.31. The Balaban J connectivity index is 1.15. The van der Waals surface area contributed by atoms with E-state index in [2.05, 4.69) is 51.8 Å². The zero-order chi connectivity index (χ0) is 27.2. The number of nitrogens with one attached hydrogen (secondary N) is 2. The van der Waals surface area contributed by atoms with Gasteiger partial charge in [-0.05, 0) is 51.0 Å². The fraction of sp³-hybridized carbons (Fsp3) is 0.621. The van der Waals surface area contributed by atoms with Gasteiger partial charge in [0.05, 0.1) is 18.8 Å². The van der Waals surface area contributed by atoms with Crippen LogP contribution in [0.15, 0.2) is 30.3 Å². The molecule has 0 spiro atoms. The predicted molar refractivity (Wildman–Crippen MR) is 144 cm³/mol. The molecule has 0 aliphatic carbocycles. The second-order valence-corrected chi connectivity index (χ2v) is 10.9. The quantitative estimate of drug-likeness (QED) is 0.513. The molecule has 0 radical (unpaired) electrons. The van der Waals surface area contributed by atoms with E-state index in [0.29, 0.717) is 38.5 Å². The molecule has 4 atom stereocenters. The molecule has 10 heteroatoms. The topological polar surface area (TPSA) is 88.6 Å². The lowest BCUT2D eigenvalue weighted by Gasteiger charge is -2.36. The molecule has 1 aromatic carbocycles. The van der Waals surface area contributed by atoms with E-state index in [-0.39, 0.29) is 48.3 Å². The van der Waals surface area contributed by atoms with E-state index in [1.165, 1.54) is 11.1 Å². The molecule has 8 nitrogen and oxygen atoms in total. The predicted octanol–water partition coefficient (Wildman–Crippen LogP) is 4.30. The van der Waals surface area contributed by atoms with Crippen LogP contribution < -0.4 is 10.6 Å². The molecule has 0 saturated carbocycles. The minimum atomic E-state index is -1.00. The average molecular weight is 544 g/mol. The fourth-order valence-corrected chi connectivity index (χ4v) is 5.66. The van der Waals surface area contributed by atoms with E-state index in [1.807, 2.05) is 0 Å². The molecule has 39 heavy (non-hydrogen) atoms. The summed E-state index contributed by atoms with van der Waals surface area (Å²) >= 11 is 0. The number of hydrogen-bond acceptors (Lipinski definition) is 7. The summed E-state index contributed by atoms with van der Waals surface area (Å²) in [6, 6.07) is 9.99. The summed E-state index contributed by atoms with van der Waals surface area (Å²) in [6.07, 6.45) is 4.09. The van der Waals surface area contributed by atoms with Crippen LogP contribution in [0.3, 0.4) is 0 Å². The zero-order valence-corrected chi connectivity index (χ0v) is 22.6. The first-order chi connectivity index (χ1) is 19.0. The molecule has 3 aliphatic heterocycles. The van der Waals surface area contributed by atoms with Crippen molar-refractivity contribution in [1.29, 1.82) is 0 Å². The summed E-state index contributed by atoms with van der Waals surface area (Å²) in [6.45, 7) is 3.49. The highest BCUT2D eigenvalue weighted by molar-refractivity contribution is 5.93. The van der Waals surface area contributed by atoms with Gasteiger partial charge in [-0.3, -0.25) is 4.79 Å². The number of aromatic nitrogens is 2. The van der Waals surface area contributed by atoms with Crippen molar-refractivity contribution in [2.75, 3.05) is 38.2 Å². The third kappa shape index (κ3) is 7.29. The van der Waals surface area contributed by atoms with Crippen molar-refractivity contribution in [2.45, 2.75) is 82.6 Å². The Morgan fingerprint density at radius 3 is 2.64 bits per heavy atom. The number of benzene rings is 1. The maximum absolute atomic E-state index is 14.1. The molecule has 1 aromatic heterocycles. The molecule has 2 N–H and O–H groups in total. The lowest BCUT2D eigenvalue weighted by molar-refractivity contribution is -0.0442. The molecule has 212 valence electrons. The molecule has 2 aromatic rings. The number of halogens is 2. The number of alkyl halides is 2. The Hall–Kier alpha value is -2.69. The van der Waals surface area contributed by atoms with Crippen LogP contribution in [0.4, 0.5) is 14.6 Å². The van der Waals surface area contributed by atoms with Crippen LogP contribution >= 0.6 is 0 Å². The number of carbonyl (C=O) groups is 1. The van der Waals surface area contributed by atoms with Crippen molar-refractivity contribution < 1.29 is 23.0 Å². The molecule has 5 rings (SSSR count). The second-order valence-electron chi connectivity index (χ2n) is 10.9. The standard InChI is InChI=1S/C29H39F2N5O3/c1-19-5-7-20(8-6-19)26-4-2-3-22(39-26)17-32-27-15-25(34-28(16-30)35-27)29(37)36-12-9-21(10-13-36)33-24-11-14-38-18-23(24)31/h5-8,15,21-24,26,33H,2-4,9-14,16-18H2,1H3,(H,32,34,35). The van der Waals surface area contributed by atoms with Gasteiger partial charge in [-0.25, -0.2) is 18.7 Å². The Bertz CT molecular complexity index is 1100. The molecular weight excluding hydrogens is 504 g/mol. The third-order valence-electron chi connectivity index (χ3n) is 7.94. The van der Waals surface area contributed by atoms with Crippen molar-refractivity contribution in [2.24, 2.45) is 0 Å². The van der Waals surface area contributed by atoms with Crippen LogP contribution in [-0.2, 0) is 16.1 Å². The largest absolute Gasteiger partial charge is 0.378 e. The molecule has 3 aliphatic rings. The first-order valence-corrected chi connectivity index (χ1v) is 14.2. The molecule has 1 amide bonds. The van der Waals surface area contributed by atoms with E-state index < -0.39 is 12.8 Å². The Kier molecular flexibility index (Phi) is 9.36. The SMILES string of the molecule is Cc1ccc(C2CCCC(CNc3cc(C(=O)N4CCC(NC5CCOCC5F)CC4)nc(CF)n3)O2)cc1. The molecule has 4 unspecified atom stereocenters. The van der Waals surface area contributed by atoms with Crippen molar-refractivity contribution in [3.8, 4) is 0 Å². The first-order valence-electron chi connectivity index (χ1n) is 14.2. The van der Waals surface area contributed by atoms with E-state index in [1.54, 1.807) is 11.0 Å². The summed E-state index contributed by atoms with van der Waals surface area (Å²) in [5.74, 6) is 0.166. The van der Waals surface area contributed by atoms with Crippen molar-refractivity contribution in [3.63, 3.8) is 0 Å². The van der Waals surface area contributed by atoms with Crippen LogP contribution in [0.25, 0.3) is 0 Å². The van der Waals surface area contributed by atoms with Crippen LogP contribution in [0.1, 0.15) is 72.1 Å². The van der Waals surface area contributed by atoms with Crippen molar-refractivity contribution in [1.82, 2.24) is 20.2 Å². The van der Waals surface area contributed by atoms with Crippen LogP contribution in [-0.4, -0.2) is 78.0 Å². The summed E-state index contributed by atoms with van der Waals surface area (Å²) in [5, 5.41) is 6.66. The highest BCUT2D eigenvalue weighted by Gasteiger charge is 2.31. The maximum atomic E-state index is 14.1.